The third-order valence-corrected chi connectivity index (χ3v) is 14.5. The minimum absolute atomic E-state index is 0. The summed E-state index contributed by atoms with van der Waals surface area (Å²) in [6.45, 7) is 11.8. The third kappa shape index (κ3) is 24.9. The largest absolute Gasteiger partial charge is 0.396 e. The van der Waals surface area contributed by atoms with E-state index in [0.29, 0.717) is 70.4 Å². The van der Waals surface area contributed by atoms with Gasteiger partial charge in [0.2, 0.25) is 11.8 Å². The molecule has 18 atom stereocenters. The molecular weight excluding hydrogens is 1110 g/mol. The van der Waals surface area contributed by atoms with Gasteiger partial charge in [0.1, 0.15) is 6.17 Å². The van der Waals surface area contributed by atoms with Crippen LogP contribution in [0.3, 0.4) is 0 Å². The summed E-state index contributed by atoms with van der Waals surface area (Å²) in [5, 5.41) is 139. The Morgan fingerprint density at radius 1 is 0.637 bits per heavy atom. The van der Waals surface area contributed by atoms with Crippen molar-refractivity contribution in [2.75, 3.05) is 91.9 Å². The first-order valence-corrected chi connectivity index (χ1v) is 26.9. The molecule has 0 bridgehead atoms. The number of carbonyl (C=O) groups excluding carboxylic acids is 2. The van der Waals surface area contributed by atoms with Gasteiger partial charge in [-0.15, -0.1) is 24.8 Å². The predicted octanol–water partition coefficient (Wildman–Crippen LogP) is -3.78. The summed E-state index contributed by atoms with van der Waals surface area (Å²) in [6, 6.07) is 5.13. The summed E-state index contributed by atoms with van der Waals surface area (Å²) in [5.41, 5.74) is 12.4. The van der Waals surface area contributed by atoms with Crippen molar-refractivity contribution < 1.29 is 89.7 Å². The number of nitrogens with zero attached hydrogens (tertiary/aromatic N) is 4. The summed E-state index contributed by atoms with van der Waals surface area (Å²) < 4.78 is 25.1. The number of nitrogens with one attached hydrogen (secondary N) is 2. The normalized spacial score (nSPS) is 31.8. The number of aliphatic hydroxyl groups is 13. The number of β-amino-alcohol motifs (C(OH)–C–C–N with tert-alkyl or cyclic N) is 5. The molecular formula is C51H96Cl2F2N8O17. The molecule has 5 fully saturated rings. The lowest BCUT2D eigenvalue weighted by Crippen LogP contribution is -2.58. The van der Waals surface area contributed by atoms with E-state index in [1.54, 1.807) is 19.1 Å². The van der Waals surface area contributed by atoms with Crippen LogP contribution in [0.4, 0.5) is 14.5 Å². The van der Waals surface area contributed by atoms with E-state index in [4.69, 9.17) is 31.9 Å². The maximum atomic E-state index is 13.1. The molecule has 5 aliphatic rings. The third-order valence-electron chi connectivity index (χ3n) is 14.5. The fraction of sp³-hybridized carbons (Fsp3) is 0.843. The second kappa shape index (κ2) is 39.0. The molecule has 1 aromatic rings. The molecule has 6 rings (SSSR count). The average Bonchev–Trinajstić information content (AvgIpc) is 3.40. The summed E-state index contributed by atoms with van der Waals surface area (Å²) in [4.78, 5) is 39.2. The Morgan fingerprint density at radius 3 is 1.45 bits per heavy atom. The van der Waals surface area contributed by atoms with Crippen molar-refractivity contribution in [3.05, 3.63) is 39.9 Å². The molecule has 0 unspecified atom stereocenters. The van der Waals surface area contributed by atoms with Gasteiger partial charge in [-0.2, -0.15) is 0 Å². The number of piperidine rings is 5. The van der Waals surface area contributed by atoms with Crippen LogP contribution >= 0.6 is 24.8 Å². The smallest absolute Gasteiger partial charge is 0.269 e. The van der Waals surface area contributed by atoms with Crippen molar-refractivity contribution >= 4 is 42.3 Å². The average molecular weight is 1200 g/mol. The van der Waals surface area contributed by atoms with Crippen molar-refractivity contribution in [2.45, 2.75) is 140 Å². The molecule has 25 nitrogen and oxygen atoms in total. The van der Waals surface area contributed by atoms with Crippen LogP contribution in [0.15, 0.2) is 24.3 Å². The maximum Gasteiger partial charge on any atom is 0.269 e. The number of nitro groups is 1. The fourth-order valence-electron chi connectivity index (χ4n) is 9.81. The number of halogens is 4. The van der Waals surface area contributed by atoms with Crippen LogP contribution in [0.2, 0.25) is 0 Å². The Morgan fingerprint density at radius 2 is 1.05 bits per heavy atom. The van der Waals surface area contributed by atoms with Crippen molar-refractivity contribution in [1.29, 1.82) is 0 Å². The predicted molar refractivity (Wildman–Crippen MR) is 297 cm³/mol. The van der Waals surface area contributed by atoms with Crippen molar-refractivity contribution in [3.8, 4) is 0 Å². The molecule has 0 spiro atoms. The fourth-order valence-corrected chi connectivity index (χ4v) is 9.81. The quantitative estimate of drug-likeness (QED) is 0.0592. The minimum Gasteiger partial charge on any atom is -0.396 e. The standard InChI is InChI=1S/C13H18N2O5.2C12H24N2O4.C8H16FNO2.C6H12FNO2.2ClH/c16-8-10-6-14(7-12(17)13(10)18)5-9-2-1-3-11(4-9)15(19)20;2*1-7(2)3-9(13)12(18)14-4-8(6-15)11(17)10(16)5-14;1-2-6(9)5-3-10-4-7(11)8(5)12;7-1-4-2-8-3-5(9)6(4)10;;/h1-4,10,12-13,16-18H,5-8H2;2*7-11,15-17H,3-6,13H2,1-2H3;5-8,10-12H,2-4H2,1H3;4-6,8-10H,1-3H2;2*1H/t10-,12-,13-;8-,9+,10-,11-;8-,9-,10-,11-;5-,6-,7-,8-;4-,5+,6+;;/m11110../s1. The summed E-state index contributed by atoms with van der Waals surface area (Å²) >= 11 is 0. The van der Waals surface area contributed by atoms with E-state index in [2.05, 4.69) is 10.6 Å². The lowest BCUT2D eigenvalue weighted by Gasteiger charge is -2.39. The number of non-ortho nitro benzene ring substituents is 1. The highest BCUT2D eigenvalue weighted by atomic mass is 35.5. The molecule has 0 saturated carbocycles. The van der Waals surface area contributed by atoms with Crippen LogP contribution in [0, 0.1) is 51.5 Å². The summed E-state index contributed by atoms with van der Waals surface area (Å²) in [7, 11) is 0. The van der Waals surface area contributed by atoms with Crippen LogP contribution in [0.25, 0.3) is 0 Å². The second-order valence-electron chi connectivity index (χ2n) is 22.0. The first-order chi connectivity index (χ1) is 36.6. The Labute approximate surface area is 480 Å². The molecule has 29 heteroatoms. The minimum atomic E-state index is -1.03. The molecule has 0 aliphatic carbocycles. The molecule has 19 N–H and O–H groups in total. The van der Waals surface area contributed by atoms with E-state index in [1.165, 1.54) is 21.9 Å². The molecule has 2 amide bonds. The molecule has 5 saturated heterocycles. The maximum absolute atomic E-state index is 13.1. The zero-order chi connectivity index (χ0) is 59.1. The summed E-state index contributed by atoms with van der Waals surface area (Å²) in [5.74, 6) is -2.15. The van der Waals surface area contributed by atoms with Gasteiger partial charge in [0.05, 0.1) is 97.9 Å². The number of hydrogen-bond acceptors (Lipinski definition) is 22. The number of rotatable bonds is 15. The number of likely N-dealkylation sites (tertiary alicyclic amines) is 3. The zero-order valence-corrected chi connectivity index (χ0v) is 48.2. The van der Waals surface area contributed by atoms with Crippen molar-refractivity contribution in [3.63, 3.8) is 0 Å². The molecule has 80 heavy (non-hydrogen) atoms. The van der Waals surface area contributed by atoms with E-state index in [-0.39, 0.29) is 94.9 Å². The first kappa shape index (κ1) is 77.3. The van der Waals surface area contributed by atoms with E-state index < -0.39 is 120 Å². The number of aliphatic hydroxyl groups excluding tert-OH is 13. The Kier molecular flexibility index (Phi) is 37.7. The highest BCUT2D eigenvalue weighted by molar-refractivity contribution is 5.85. The number of amides is 2. The molecule has 5 aliphatic heterocycles. The van der Waals surface area contributed by atoms with Gasteiger partial charge in [-0.1, -0.05) is 46.8 Å². The number of alkyl halides is 2. The number of nitrogens with two attached hydrogens (primary N) is 2. The first-order valence-electron chi connectivity index (χ1n) is 26.9. The van der Waals surface area contributed by atoms with Crippen molar-refractivity contribution in [2.24, 2.45) is 52.9 Å². The van der Waals surface area contributed by atoms with Crippen LogP contribution in [-0.4, -0.2) is 269 Å². The molecule has 0 radical (unpaired) electrons. The van der Waals surface area contributed by atoms with Gasteiger partial charge < -0.3 is 98.3 Å². The van der Waals surface area contributed by atoms with Crippen molar-refractivity contribution in [1.82, 2.24) is 25.3 Å². The van der Waals surface area contributed by atoms with Gasteiger partial charge in [-0.3, -0.25) is 29.0 Å². The van der Waals surface area contributed by atoms with E-state index >= 15 is 0 Å². The van der Waals surface area contributed by atoms with Gasteiger partial charge in [0.15, 0.2) is 0 Å². The number of benzene rings is 1. The highest BCUT2D eigenvalue weighted by Gasteiger charge is 2.40. The molecule has 5 heterocycles. The van der Waals surface area contributed by atoms with Crippen LogP contribution in [0.5, 0.6) is 0 Å². The zero-order valence-electron chi connectivity index (χ0n) is 46.5. The monoisotopic (exact) mass is 1200 g/mol. The molecule has 470 valence electrons. The Hall–Kier alpha value is -2.72. The number of nitro benzene ring substituents is 1. The molecule has 1 aromatic carbocycles. The van der Waals surface area contributed by atoms with Gasteiger partial charge in [0.25, 0.3) is 5.69 Å². The van der Waals surface area contributed by atoms with Crippen LogP contribution in [0.1, 0.15) is 59.4 Å². The Balaban J connectivity index is 0.000000987. The lowest BCUT2D eigenvalue weighted by atomic mass is 9.89. The van der Waals surface area contributed by atoms with E-state index in [1.807, 2.05) is 32.6 Å². The van der Waals surface area contributed by atoms with Gasteiger partial charge in [0, 0.05) is 120 Å². The highest BCUT2D eigenvalue weighted by Crippen LogP contribution is 2.24. The van der Waals surface area contributed by atoms with Gasteiger partial charge >= 0.3 is 0 Å². The van der Waals surface area contributed by atoms with Gasteiger partial charge in [-0.05, 0) is 36.7 Å². The topological polar surface area (TPSA) is 426 Å². The Bertz CT molecular complexity index is 1840. The van der Waals surface area contributed by atoms with E-state index in [0.717, 1.165) is 5.56 Å². The number of carbonyl (C=O) groups is 2. The SMILES string of the molecule is CC(C)C[C@@H](N)C(=O)N1C[C@H](CO)[C@@H](O)[C@H](O)C1.CC(C)C[C@H](N)C(=O)N1C[C@H](CO)[C@@H](O)[C@H](O)C1.CC[C@@H](F)[C@H]1CNC[C@@H](O)[C@@H]1O.Cl.Cl.O=[N+]([O-])c1cccc(CN2C[C@H](CO)[C@@H](O)[C@H](O)C2)c1.O[C@@H]1[C@@H](CF)CNC[C@H]1O. The van der Waals surface area contributed by atoms with Gasteiger partial charge in [-0.25, -0.2) is 4.39 Å². The molecule has 0 aromatic heterocycles. The summed E-state index contributed by atoms with van der Waals surface area (Å²) in [6.07, 6.45) is -8.79. The van der Waals surface area contributed by atoms with Crippen LogP contribution < -0.4 is 22.1 Å². The lowest BCUT2D eigenvalue weighted by molar-refractivity contribution is -0.384. The number of hydrogen-bond donors (Lipinski definition) is 17. The van der Waals surface area contributed by atoms with Crippen LogP contribution in [-0.2, 0) is 16.1 Å². The van der Waals surface area contributed by atoms with E-state index in [9.17, 15) is 74.4 Å². The second-order valence-corrected chi connectivity index (χ2v) is 22.0.